The van der Waals surface area contributed by atoms with Crippen LogP contribution >= 0.6 is 11.3 Å². The zero-order valence-corrected chi connectivity index (χ0v) is 18.2. The summed E-state index contributed by atoms with van der Waals surface area (Å²) in [5.41, 5.74) is 5.11. The summed E-state index contributed by atoms with van der Waals surface area (Å²) in [7, 11) is 1.62. The van der Waals surface area contributed by atoms with Gasteiger partial charge in [0.2, 0.25) is 5.91 Å². The van der Waals surface area contributed by atoms with Crippen LogP contribution in [-0.4, -0.2) is 24.2 Å². The van der Waals surface area contributed by atoms with Gasteiger partial charge in [-0.25, -0.2) is 10.4 Å². The number of rotatable bonds is 8. The topological polar surface area (TPSA) is 72.8 Å². The van der Waals surface area contributed by atoms with Crippen LogP contribution in [0.1, 0.15) is 11.3 Å². The number of benzene rings is 3. The lowest BCUT2D eigenvalue weighted by molar-refractivity contribution is -0.120. The molecule has 1 N–H and O–H groups in total. The lowest BCUT2D eigenvalue weighted by Crippen LogP contribution is -2.19. The van der Waals surface area contributed by atoms with E-state index in [1.165, 1.54) is 11.3 Å². The molecule has 32 heavy (non-hydrogen) atoms. The first-order valence-electron chi connectivity index (χ1n) is 9.93. The predicted octanol–water partition coefficient (Wildman–Crippen LogP) is 5.30. The molecule has 0 saturated carbocycles. The van der Waals surface area contributed by atoms with E-state index in [-0.39, 0.29) is 12.3 Å². The Balaban J connectivity index is 1.31. The fourth-order valence-electron chi connectivity index (χ4n) is 2.92. The average Bonchev–Trinajstić information content (AvgIpc) is 3.29. The van der Waals surface area contributed by atoms with Crippen molar-refractivity contribution in [2.75, 3.05) is 7.11 Å². The Morgan fingerprint density at radius 1 is 1.00 bits per heavy atom. The Morgan fingerprint density at radius 3 is 2.56 bits per heavy atom. The van der Waals surface area contributed by atoms with Gasteiger partial charge in [-0.2, -0.15) is 5.10 Å². The first-order valence-corrected chi connectivity index (χ1v) is 10.8. The molecule has 0 bridgehead atoms. The molecule has 0 radical (unpaired) electrons. The zero-order chi connectivity index (χ0) is 22.2. The van der Waals surface area contributed by atoms with Gasteiger partial charge < -0.3 is 9.47 Å². The molecule has 1 aromatic heterocycles. The summed E-state index contributed by atoms with van der Waals surface area (Å²) >= 11 is 1.52. The van der Waals surface area contributed by atoms with Crippen molar-refractivity contribution in [3.63, 3.8) is 0 Å². The van der Waals surface area contributed by atoms with Crippen LogP contribution in [-0.2, 0) is 11.2 Å². The minimum atomic E-state index is -0.225. The molecule has 0 fully saturated rings. The summed E-state index contributed by atoms with van der Waals surface area (Å²) in [6.07, 6.45) is 1.75. The second-order valence-electron chi connectivity index (χ2n) is 6.83. The molecule has 0 unspecified atom stereocenters. The second kappa shape index (κ2) is 10.4. The molecule has 4 rings (SSSR count). The van der Waals surface area contributed by atoms with E-state index in [9.17, 15) is 4.79 Å². The Kier molecular flexibility index (Phi) is 6.89. The molecule has 6 nitrogen and oxygen atoms in total. The summed E-state index contributed by atoms with van der Waals surface area (Å²) in [5.74, 6) is 1.91. The van der Waals surface area contributed by atoms with Crippen LogP contribution in [0.15, 0.2) is 89.3 Å². The predicted molar refractivity (Wildman–Crippen MR) is 127 cm³/mol. The second-order valence-corrected chi connectivity index (χ2v) is 7.69. The maximum absolute atomic E-state index is 12.2. The van der Waals surface area contributed by atoms with Gasteiger partial charge in [0.1, 0.15) is 22.3 Å². The molecule has 0 saturated heterocycles. The van der Waals surface area contributed by atoms with Crippen LogP contribution in [0.5, 0.6) is 17.2 Å². The first kappa shape index (κ1) is 21.3. The van der Waals surface area contributed by atoms with Gasteiger partial charge in [0, 0.05) is 10.9 Å². The summed E-state index contributed by atoms with van der Waals surface area (Å²) in [5, 5.41) is 6.84. The largest absolute Gasteiger partial charge is 0.497 e. The number of amides is 1. The van der Waals surface area contributed by atoms with Gasteiger partial charge in [0.05, 0.1) is 25.4 Å². The van der Waals surface area contributed by atoms with Crippen molar-refractivity contribution in [1.82, 2.24) is 10.4 Å². The minimum absolute atomic E-state index is 0.168. The van der Waals surface area contributed by atoms with E-state index >= 15 is 0 Å². The van der Waals surface area contributed by atoms with Crippen molar-refractivity contribution in [3.8, 4) is 27.8 Å². The van der Waals surface area contributed by atoms with Crippen LogP contribution in [0.25, 0.3) is 10.6 Å². The molecular formula is C25H21N3O3S. The van der Waals surface area contributed by atoms with E-state index in [1.807, 2.05) is 84.2 Å². The molecule has 160 valence electrons. The highest BCUT2D eigenvalue weighted by Crippen LogP contribution is 2.25. The van der Waals surface area contributed by atoms with Crippen LogP contribution in [0.3, 0.4) is 0 Å². The first-order chi connectivity index (χ1) is 15.7. The quantitative estimate of drug-likeness (QED) is 0.296. The molecule has 0 aliphatic heterocycles. The minimum Gasteiger partial charge on any atom is -0.497 e. The molecule has 1 heterocycles. The van der Waals surface area contributed by atoms with E-state index < -0.39 is 0 Å². The number of hydrazone groups is 1. The molecule has 4 aromatic rings. The van der Waals surface area contributed by atoms with E-state index in [0.29, 0.717) is 11.5 Å². The molecule has 1 amide bonds. The Bertz CT molecular complexity index is 1200. The average molecular weight is 444 g/mol. The standard InChI is InChI=1S/C25H21N3O3S/c1-30-21-10-12-22(13-11-21)31-23-9-5-6-18(14-23)16-26-28-24(29)15-20-17-32-25(27-20)19-7-3-2-4-8-19/h2-14,16-17H,15H2,1H3,(H,28,29). The highest BCUT2D eigenvalue weighted by atomic mass is 32.1. The number of carbonyl (C=O) groups excluding carboxylic acids is 1. The van der Waals surface area contributed by atoms with Crippen LogP contribution in [0, 0.1) is 0 Å². The Hall–Kier alpha value is -3.97. The number of hydrogen-bond donors (Lipinski definition) is 1. The van der Waals surface area contributed by atoms with E-state index in [1.54, 1.807) is 13.3 Å². The van der Waals surface area contributed by atoms with Crippen LogP contribution in [0.4, 0.5) is 0 Å². The fraction of sp³-hybridized carbons (Fsp3) is 0.0800. The highest BCUT2D eigenvalue weighted by molar-refractivity contribution is 7.13. The molecule has 7 heteroatoms. The third-order valence-corrected chi connectivity index (χ3v) is 5.41. The lowest BCUT2D eigenvalue weighted by Gasteiger charge is -2.07. The molecule has 0 atom stereocenters. The Morgan fingerprint density at radius 2 is 1.78 bits per heavy atom. The van der Waals surface area contributed by atoms with Gasteiger partial charge in [-0.05, 0) is 42.0 Å². The van der Waals surface area contributed by atoms with Gasteiger partial charge in [-0.1, -0.05) is 42.5 Å². The molecule has 0 spiro atoms. The SMILES string of the molecule is COc1ccc(Oc2cccc(C=NNC(=O)Cc3csc(-c4ccccc4)n3)c2)cc1. The maximum Gasteiger partial charge on any atom is 0.246 e. The van der Waals surface area contributed by atoms with Crippen molar-refractivity contribution in [1.29, 1.82) is 0 Å². The number of aromatic nitrogens is 1. The van der Waals surface area contributed by atoms with Gasteiger partial charge >= 0.3 is 0 Å². The van der Waals surface area contributed by atoms with Gasteiger partial charge in [-0.15, -0.1) is 11.3 Å². The van der Waals surface area contributed by atoms with Gasteiger partial charge in [-0.3, -0.25) is 4.79 Å². The molecule has 0 aliphatic rings. The monoisotopic (exact) mass is 443 g/mol. The fourth-order valence-corrected chi connectivity index (χ4v) is 3.75. The van der Waals surface area contributed by atoms with Gasteiger partial charge in [0.15, 0.2) is 0 Å². The van der Waals surface area contributed by atoms with Crippen LogP contribution < -0.4 is 14.9 Å². The smallest absolute Gasteiger partial charge is 0.246 e. The number of hydrogen-bond acceptors (Lipinski definition) is 6. The van der Waals surface area contributed by atoms with Crippen molar-refractivity contribution in [3.05, 3.63) is 95.5 Å². The van der Waals surface area contributed by atoms with E-state index in [4.69, 9.17) is 9.47 Å². The summed E-state index contributed by atoms with van der Waals surface area (Å²) in [6, 6.07) is 24.7. The van der Waals surface area contributed by atoms with Crippen LogP contribution in [0.2, 0.25) is 0 Å². The summed E-state index contributed by atoms with van der Waals surface area (Å²) in [4.78, 5) is 16.7. The van der Waals surface area contributed by atoms with Gasteiger partial charge in [0.25, 0.3) is 0 Å². The van der Waals surface area contributed by atoms with Crippen molar-refractivity contribution >= 4 is 23.5 Å². The third-order valence-electron chi connectivity index (χ3n) is 4.47. The summed E-state index contributed by atoms with van der Waals surface area (Å²) in [6.45, 7) is 0. The summed E-state index contributed by atoms with van der Waals surface area (Å²) < 4.78 is 11.0. The number of methoxy groups -OCH3 is 1. The number of nitrogens with one attached hydrogen (secondary N) is 1. The van der Waals surface area contributed by atoms with Crippen molar-refractivity contribution in [2.24, 2.45) is 5.10 Å². The molecule has 0 aliphatic carbocycles. The number of carbonyl (C=O) groups is 1. The third kappa shape index (κ3) is 5.80. The zero-order valence-electron chi connectivity index (χ0n) is 17.4. The maximum atomic E-state index is 12.2. The van der Waals surface area contributed by atoms with E-state index in [2.05, 4.69) is 15.5 Å². The Labute approximate surface area is 190 Å². The molecular weight excluding hydrogens is 422 g/mol. The highest BCUT2D eigenvalue weighted by Gasteiger charge is 2.08. The number of thiazole rings is 1. The molecule has 3 aromatic carbocycles. The van der Waals surface area contributed by atoms with Crippen molar-refractivity contribution < 1.29 is 14.3 Å². The number of ether oxygens (including phenoxy) is 2. The normalized spacial score (nSPS) is 10.8. The van der Waals surface area contributed by atoms with Crippen molar-refractivity contribution in [2.45, 2.75) is 6.42 Å². The lowest BCUT2D eigenvalue weighted by atomic mass is 10.2. The van der Waals surface area contributed by atoms with E-state index in [0.717, 1.165) is 27.6 Å². The number of nitrogens with zero attached hydrogens (tertiary/aromatic N) is 2.